The number of hydrogen-bond donors (Lipinski definition) is 2. The van der Waals surface area contributed by atoms with E-state index in [-0.39, 0.29) is 23.6 Å². The highest BCUT2D eigenvalue weighted by Gasteiger charge is 2.25. The highest BCUT2D eigenvalue weighted by molar-refractivity contribution is 7.99. The van der Waals surface area contributed by atoms with Crippen LogP contribution in [0.3, 0.4) is 0 Å². The molecule has 22 heavy (non-hydrogen) atoms. The maximum atomic E-state index is 12.5. The van der Waals surface area contributed by atoms with E-state index in [1.165, 1.54) is 5.56 Å². The number of rotatable bonds is 6. The third kappa shape index (κ3) is 6.19. The minimum Gasteiger partial charge on any atom is -0.351 e. The van der Waals surface area contributed by atoms with Gasteiger partial charge in [0.2, 0.25) is 5.91 Å². The van der Waals surface area contributed by atoms with Crippen LogP contribution in [0.5, 0.6) is 0 Å². The molecule has 2 rings (SSSR count). The Kier molecular flexibility index (Phi) is 8.91. The van der Waals surface area contributed by atoms with Crippen LogP contribution in [0.15, 0.2) is 30.3 Å². The van der Waals surface area contributed by atoms with E-state index in [4.69, 9.17) is 0 Å². The zero-order chi connectivity index (χ0) is 15.1. The molecule has 2 N–H and O–H groups in total. The van der Waals surface area contributed by atoms with E-state index in [9.17, 15) is 4.79 Å². The monoisotopic (exact) mass is 342 g/mol. The minimum atomic E-state index is 0. The molecule has 2 atom stereocenters. The van der Waals surface area contributed by atoms with Gasteiger partial charge in [0.05, 0.1) is 5.25 Å². The van der Waals surface area contributed by atoms with Gasteiger partial charge in [-0.05, 0) is 30.9 Å². The summed E-state index contributed by atoms with van der Waals surface area (Å²) in [6.07, 6.45) is 2.24. The lowest BCUT2D eigenvalue weighted by Crippen LogP contribution is -2.49. The molecule has 0 radical (unpaired) electrons. The van der Waals surface area contributed by atoms with Crippen molar-refractivity contribution in [3.8, 4) is 0 Å². The Bertz CT molecular complexity index is 436. The molecule has 1 aliphatic rings. The number of benzene rings is 1. The molecule has 1 amide bonds. The van der Waals surface area contributed by atoms with Gasteiger partial charge in [-0.1, -0.05) is 44.2 Å². The highest BCUT2D eigenvalue weighted by atomic mass is 35.5. The summed E-state index contributed by atoms with van der Waals surface area (Å²) in [6.45, 7) is 6.23. The number of hydrogen-bond acceptors (Lipinski definition) is 3. The Morgan fingerprint density at radius 2 is 2.09 bits per heavy atom. The average molecular weight is 343 g/mol. The molecule has 1 saturated heterocycles. The predicted octanol–water partition coefficient (Wildman–Crippen LogP) is 3.23. The lowest BCUT2D eigenvalue weighted by molar-refractivity contribution is -0.122. The van der Waals surface area contributed by atoms with Crippen LogP contribution in [-0.4, -0.2) is 30.3 Å². The van der Waals surface area contributed by atoms with Gasteiger partial charge in [0.1, 0.15) is 0 Å². The summed E-state index contributed by atoms with van der Waals surface area (Å²) < 4.78 is 0. The SMILES string of the molecule is CC(C)C(SCc1ccccc1)C(=O)NC1CCCNC1.Cl. The molecule has 1 fully saturated rings. The van der Waals surface area contributed by atoms with Gasteiger partial charge >= 0.3 is 0 Å². The number of piperidine rings is 1. The summed E-state index contributed by atoms with van der Waals surface area (Å²) in [5.74, 6) is 1.43. The van der Waals surface area contributed by atoms with E-state index < -0.39 is 0 Å². The molecule has 1 aromatic rings. The van der Waals surface area contributed by atoms with E-state index in [1.54, 1.807) is 11.8 Å². The molecule has 5 heteroatoms. The Hall–Kier alpha value is -0.710. The summed E-state index contributed by atoms with van der Waals surface area (Å²) in [7, 11) is 0. The van der Waals surface area contributed by atoms with Crippen LogP contribution in [0, 0.1) is 5.92 Å². The second-order valence-electron chi connectivity index (χ2n) is 6.01. The van der Waals surface area contributed by atoms with E-state index >= 15 is 0 Å². The van der Waals surface area contributed by atoms with Crippen molar-refractivity contribution in [3.05, 3.63) is 35.9 Å². The van der Waals surface area contributed by atoms with Gasteiger partial charge in [0.25, 0.3) is 0 Å². The number of amides is 1. The third-order valence-electron chi connectivity index (χ3n) is 3.78. The first-order chi connectivity index (χ1) is 10.2. The fourth-order valence-electron chi connectivity index (χ4n) is 2.59. The normalized spacial score (nSPS) is 19.3. The summed E-state index contributed by atoms with van der Waals surface area (Å²) >= 11 is 1.75. The van der Waals surface area contributed by atoms with Crippen molar-refractivity contribution in [2.45, 2.75) is 43.7 Å². The van der Waals surface area contributed by atoms with Crippen molar-refractivity contribution in [1.82, 2.24) is 10.6 Å². The van der Waals surface area contributed by atoms with Gasteiger partial charge in [-0.15, -0.1) is 24.2 Å². The van der Waals surface area contributed by atoms with Crippen molar-refractivity contribution in [1.29, 1.82) is 0 Å². The molecule has 124 valence electrons. The lowest BCUT2D eigenvalue weighted by Gasteiger charge is -2.27. The second-order valence-corrected chi connectivity index (χ2v) is 7.14. The van der Waals surface area contributed by atoms with Crippen LogP contribution >= 0.6 is 24.2 Å². The maximum absolute atomic E-state index is 12.5. The minimum absolute atomic E-state index is 0. The topological polar surface area (TPSA) is 41.1 Å². The largest absolute Gasteiger partial charge is 0.351 e. The molecule has 0 bridgehead atoms. The first kappa shape index (κ1) is 19.3. The predicted molar refractivity (Wildman–Crippen MR) is 97.6 cm³/mol. The quantitative estimate of drug-likeness (QED) is 0.834. The molecule has 1 aliphatic heterocycles. The van der Waals surface area contributed by atoms with Gasteiger partial charge in [-0.2, -0.15) is 0 Å². The Morgan fingerprint density at radius 3 is 2.68 bits per heavy atom. The van der Waals surface area contributed by atoms with E-state index in [0.717, 1.165) is 31.7 Å². The van der Waals surface area contributed by atoms with Crippen LogP contribution < -0.4 is 10.6 Å². The Balaban J connectivity index is 0.00000242. The molecule has 1 heterocycles. The lowest BCUT2D eigenvalue weighted by atomic mass is 10.1. The molecule has 0 spiro atoms. The second kappa shape index (κ2) is 10.1. The van der Waals surface area contributed by atoms with E-state index in [0.29, 0.717) is 12.0 Å². The van der Waals surface area contributed by atoms with Gasteiger partial charge < -0.3 is 10.6 Å². The van der Waals surface area contributed by atoms with Crippen LogP contribution in [0.25, 0.3) is 0 Å². The smallest absolute Gasteiger partial charge is 0.233 e. The van der Waals surface area contributed by atoms with Gasteiger partial charge in [-0.3, -0.25) is 4.79 Å². The number of thioether (sulfide) groups is 1. The zero-order valence-electron chi connectivity index (χ0n) is 13.4. The third-order valence-corrected chi connectivity index (χ3v) is 5.40. The molecule has 0 aliphatic carbocycles. The zero-order valence-corrected chi connectivity index (χ0v) is 15.0. The molecule has 3 nitrogen and oxygen atoms in total. The van der Waals surface area contributed by atoms with Gasteiger partial charge in [0, 0.05) is 18.3 Å². The van der Waals surface area contributed by atoms with Crippen molar-refractivity contribution < 1.29 is 4.79 Å². The first-order valence-electron chi connectivity index (χ1n) is 7.83. The summed E-state index contributed by atoms with van der Waals surface area (Å²) in [4.78, 5) is 12.5. The first-order valence-corrected chi connectivity index (χ1v) is 8.88. The fourth-order valence-corrected chi connectivity index (χ4v) is 3.76. The van der Waals surface area contributed by atoms with E-state index in [1.807, 2.05) is 18.2 Å². The van der Waals surface area contributed by atoms with Gasteiger partial charge in [-0.25, -0.2) is 0 Å². The summed E-state index contributed by atoms with van der Waals surface area (Å²) in [6, 6.07) is 10.7. The Labute approximate surface area is 144 Å². The fraction of sp³-hybridized carbons (Fsp3) is 0.588. The van der Waals surface area contributed by atoms with Crippen molar-refractivity contribution in [2.24, 2.45) is 5.92 Å². The van der Waals surface area contributed by atoms with Crippen LogP contribution in [0.2, 0.25) is 0 Å². The van der Waals surface area contributed by atoms with Crippen molar-refractivity contribution >= 4 is 30.1 Å². The van der Waals surface area contributed by atoms with Crippen LogP contribution in [0.4, 0.5) is 0 Å². The molecular formula is C17H27ClN2OS. The van der Waals surface area contributed by atoms with Crippen LogP contribution in [0.1, 0.15) is 32.3 Å². The molecule has 1 aromatic carbocycles. The van der Waals surface area contributed by atoms with Crippen molar-refractivity contribution in [2.75, 3.05) is 13.1 Å². The molecule has 0 aromatic heterocycles. The number of carbonyl (C=O) groups is 1. The average Bonchev–Trinajstić information content (AvgIpc) is 2.49. The number of nitrogens with one attached hydrogen (secondary N) is 2. The van der Waals surface area contributed by atoms with Crippen LogP contribution in [-0.2, 0) is 10.5 Å². The molecular weight excluding hydrogens is 316 g/mol. The molecule has 2 unspecified atom stereocenters. The van der Waals surface area contributed by atoms with Crippen molar-refractivity contribution in [3.63, 3.8) is 0 Å². The number of carbonyl (C=O) groups excluding carboxylic acids is 1. The Morgan fingerprint density at radius 1 is 1.36 bits per heavy atom. The standard InChI is InChI=1S/C17H26N2OS.ClH/c1-13(2)16(21-12-14-7-4-3-5-8-14)17(20)19-15-9-6-10-18-11-15;/h3-5,7-8,13,15-16,18H,6,9-12H2,1-2H3,(H,19,20);1H. The summed E-state index contributed by atoms with van der Waals surface area (Å²) in [5, 5.41) is 6.58. The van der Waals surface area contributed by atoms with Gasteiger partial charge in [0.15, 0.2) is 0 Å². The maximum Gasteiger partial charge on any atom is 0.233 e. The highest BCUT2D eigenvalue weighted by Crippen LogP contribution is 2.24. The van der Waals surface area contributed by atoms with E-state index in [2.05, 4.69) is 36.6 Å². The number of halogens is 1. The molecule has 0 saturated carbocycles. The summed E-state index contributed by atoms with van der Waals surface area (Å²) in [5.41, 5.74) is 1.28.